The number of nitrogens with zero attached hydrogens (tertiary/aromatic N) is 2. The number of carbonyl (C=O) groups excluding carboxylic acids is 3. The third-order valence-corrected chi connectivity index (χ3v) is 7.01. The largest absolute Gasteiger partial charge is 0.467 e. The molecule has 0 bridgehead atoms. The van der Waals surface area contributed by atoms with Gasteiger partial charge in [-0.05, 0) is 67.7 Å². The van der Waals surface area contributed by atoms with E-state index >= 15 is 0 Å². The third kappa shape index (κ3) is 3.87. The van der Waals surface area contributed by atoms with Crippen molar-refractivity contribution in [3.63, 3.8) is 0 Å². The van der Waals surface area contributed by atoms with Crippen molar-refractivity contribution in [1.82, 2.24) is 15.1 Å². The first-order valence-corrected chi connectivity index (χ1v) is 11.6. The summed E-state index contributed by atoms with van der Waals surface area (Å²) in [5, 5.41) is 5.08. The number of rotatable bonds is 7. The summed E-state index contributed by atoms with van der Waals surface area (Å²) < 4.78 is 5.27. The standard InChI is InChI=1S/C24H23N3O4S/c28-22(25-14-20(21-6-4-12-32-21)26-9-1-2-10-26)16-7-8-18-19(13-16)24(30)27(23(18)29)15-17-5-3-11-31-17/h3-8,11-13,20H,1-2,9-10,14-15H2,(H,25,28)/t20-/m1/s1. The SMILES string of the molecule is O=C(NC[C@H](c1cccs1)N1CCCC1)c1ccc2c(c1)C(=O)N(Cc1ccco1)C2=O. The quantitative estimate of drug-likeness (QED) is 0.556. The number of carbonyl (C=O) groups is 3. The molecule has 4 heterocycles. The summed E-state index contributed by atoms with van der Waals surface area (Å²) in [4.78, 5) is 43.2. The Morgan fingerprint density at radius 1 is 1.06 bits per heavy atom. The molecule has 1 N–H and O–H groups in total. The van der Waals surface area contributed by atoms with E-state index in [1.807, 2.05) is 6.07 Å². The van der Waals surface area contributed by atoms with Gasteiger partial charge in [0.15, 0.2) is 0 Å². The van der Waals surface area contributed by atoms with Crippen molar-refractivity contribution in [1.29, 1.82) is 0 Å². The van der Waals surface area contributed by atoms with Gasteiger partial charge in [0.25, 0.3) is 17.7 Å². The molecule has 32 heavy (non-hydrogen) atoms. The summed E-state index contributed by atoms with van der Waals surface area (Å²) in [5.74, 6) is -0.512. The molecule has 2 aliphatic heterocycles. The van der Waals surface area contributed by atoms with Crippen LogP contribution in [0.2, 0.25) is 0 Å². The van der Waals surface area contributed by atoms with Crippen LogP contribution in [-0.2, 0) is 6.54 Å². The molecule has 0 aliphatic carbocycles. The van der Waals surface area contributed by atoms with Gasteiger partial charge in [-0.25, -0.2) is 0 Å². The van der Waals surface area contributed by atoms with E-state index in [4.69, 9.17) is 4.42 Å². The zero-order valence-electron chi connectivity index (χ0n) is 17.5. The lowest BCUT2D eigenvalue weighted by Gasteiger charge is -2.27. The molecule has 0 saturated carbocycles. The Hall–Kier alpha value is -3.23. The zero-order valence-corrected chi connectivity index (χ0v) is 18.3. The zero-order chi connectivity index (χ0) is 22.1. The van der Waals surface area contributed by atoms with Gasteiger partial charge in [0.2, 0.25) is 0 Å². The van der Waals surface area contributed by atoms with Gasteiger partial charge in [0.1, 0.15) is 5.76 Å². The van der Waals surface area contributed by atoms with E-state index in [9.17, 15) is 14.4 Å². The number of furan rings is 1. The van der Waals surface area contributed by atoms with Gasteiger partial charge >= 0.3 is 0 Å². The fourth-order valence-corrected chi connectivity index (χ4v) is 5.23. The van der Waals surface area contributed by atoms with Crippen molar-refractivity contribution < 1.29 is 18.8 Å². The number of amides is 3. The van der Waals surface area contributed by atoms with Crippen LogP contribution in [0.25, 0.3) is 0 Å². The van der Waals surface area contributed by atoms with Crippen LogP contribution in [0.4, 0.5) is 0 Å². The first-order chi connectivity index (χ1) is 15.6. The maximum absolute atomic E-state index is 12.9. The van der Waals surface area contributed by atoms with E-state index < -0.39 is 5.91 Å². The smallest absolute Gasteiger partial charge is 0.261 e. The van der Waals surface area contributed by atoms with E-state index in [0.29, 0.717) is 23.4 Å². The molecule has 0 radical (unpaired) electrons. The number of nitrogens with one attached hydrogen (secondary N) is 1. The molecule has 1 fully saturated rings. The Morgan fingerprint density at radius 3 is 2.59 bits per heavy atom. The minimum atomic E-state index is -0.412. The number of hydrogen-bond acceptors (Lipinski definition) is 6. The summed E-state index contributed by atoms with van der Waals surface area (Å²) in [6.45, 7) is 2.62. The van der Waals surface area contributed by atoms with Crippen molar-refractivity contribution >= 4 is 29.1 Å². The first-order valence-electron chi connectivity index (χ1n) is 10.7. The number of hydrogen-bond donors (Lipinski definition) is 1. The summed E-state index contributed by atoms with van der Waals surface area (Å²) in [6.07, 6.45) is 3.85. The fraction of sp³-hybridized carbons (Fsp3) is 0.292. The number of benzene rings is 1. The lowest BCUT2D eigenvalue weighted by Crippen LogP contribution is -2.36. The minimum Gasteiger partial charge on any atom is -0.467 e. The van der Waals surface area contributed by atoms with Gasteiger partial charge in [0, 0.05) is 17.0 Å². The average molecular weight is 450 g/mol. The van der Waals surface area contributed by atoms with Gasteiger partial charge < -0.3 is 9.73 Å². The summed E-state index contributed by atoms with van der Waals surface area (Å²) in [5.41, 5.74) is 0.936. The van der Waals surface area contributed by atoms with Crippen LogP contribution in [0.1, 0.15) is 60.6 Å². The Balaban J connectivity index is 1.30. The predicted molar refractivity (Wildman–Crippen MR) is 120 cm³/mol. The van der Waals surface area contributed by atoms with E-state index in [0.717, 1.165) is 18.0 Å². The maximum atomic E-state index is 12.9. The molecule has 1 saturated heterocycles. The Kier molecular flexibility index (Phi) is 5.63. The van der Waals surface area contributed by atoms with Crippen molar-refractivity contribution in [3.8, 4) is 0 Å². The number of fused-ring (bicyclic) bond motifs is 1. The van der Waals surface area contributed by atoms with Crippen LogP contribution in [0, 0.1) is 0 Å². The lowest BCUT2D eigenvalue weighted by molar-refractivity contribution is 0.0631. The Bertz CT molecular complexity index is 1130. The second kappa shape index (κ2) is 8.72. The summed E-state index contributed by atoms with van der Waals surface area (Å²) in [7, 11) is 0. The highest BCUT2D eigenvalue weighted by atomic mass is 32.1. The minimum absolute atomic E-state index is 0.0687. The molecule has 3 aromatic rings. The maximum Gasteiger partial charge on any atom is 0.261 e. The van der Waals surface area contributed by atoms with Gasteiger partial charge in [0.05, 0.1) is 30.0 Å². The number of thiophene rings is 1. The molecule has 1 atom stereocenters. The summed E-state index contributed by atoms with van der Waals surface area (Å²) in [6, 6.07) is 12.4. The van der Waals surface area contributed by atoms with Gasteiger partial charge in [-0.15, -0.1) is 11.3 Å². The van der Waals surface area contributed by atoms with E-state index in [1.54, 1.807) is 35.6 Å². The van der Waals surface area contributed by atoms with E-state index in [1.165, 1.54) is 30.0 Å². The molecule has 3 amide bonds. The average Bonchev–Trinajstić information content (AvgIpc) is 3.61. The molecule has 8 heteroatoms. The second-order valence-electron chi connectivity index (χ2n) is 8.02. The van der Waals surface area contributed by atoms with Crippen molar-refractivity contribution in [2.24, 2.45) is 0 Å². The highest BCUT2D eigenvalue weighted by molar-refractivity contribution is 7.10. The van der Waals surface area contributed by atoms with Crippen LogP contribution in [0.15, 0.2) is 58.5 Å². The number of likely N-dealkylation sites (tertiary alicyclic amines) is 1. The summed E-state index contributed by atoms with van der Waals surface area (Å²) >= 11 is 1.70. The molecule has 7 nitrogen and oxygen atoms in total. The Labute approximate surface area is 189 Å². The molecule has 5 rings (SSSR count). The van der Waals surface area contributed by atoms with Crippen LogP contribution < -0.4 is 5.32 Å². The van der Waals surface area contributed by atoms with E-state index in [-0.39, 0.29) is 30.0 Å². The van der Waals surface area contributed by atoms with Gasteiger partial charge in [-0.1, -0.05) is 6.07 Å². The Morgan fingerprint density at radius 2 is 1.88 bits per heavy atom. The topological polar surface area (TPSA) is 82.9 Å². The van der Waals surface area contributed by atoms with Crippen molar-refractivity contribution in [2.45, 2.75) is 25.4 Å². The van der Waals surface area contributed by atoms with Gasteiger partial charge in [-0.2, -0.15) is 0 Å². The second-order valence-corrected chi connectivity index (χ2v) is 9.00. The van der Waals surface area contributed by atoms with Crippen LogP contribution in [0.3, 0.4) is 0 Å². The van der Waals surface area contributed by atoms with Crippen LogP contribution in [-0.4, -0.2) is 47.2 Å². The molecular formula is C24H23N3O4S. The molecule has 2 aromatic heterocycles. The molecular weight excluding hydrogens is 426 g/mol. The molecule has 0 unspecified atom stereocenters. The third-order valence-electron chi connectivity index (χ3n) is 6.04. The lowest BCUT2D eigenvalue weighted by atomic mass is 10.1. The van der Waals surface area contributed by atoms with Crippen molar-refractivity contribution in [3.05, 3.63) is 81.4 Å². The van der Waals surface area contributed by atoms with Crippen molar-refractivity contribution in [2.75, 3.05) is 19.6 Å². The highest BCUT2D eigenvalue weighted by Gasteiger charge is 2.36. The molecule has 1 aromatic carbocycles. The fourth-order valence-electron chi connectivity index (χ4n) is 4.37. The van der Waals surface area contributed by atoms with Crippen LogP contribution in [0.5, 0.6) is 0 Å². The molecule has 2 aliphatic rings. The molecule has 0 spiro atoms. The predicted octanol–water partition coefficient (Wildman–Crippen LogP) is 3.70. The molecule has 164 valence electrons. The normalized spacial score (nSPS) is 17.1. The monoisotopic (exact) mass is 449 g/mol. The number of imide groups is 1. The first kappa shape index (κ1) is 20.7. The van der Waals surface area contributed by atoms with Crippen LogP contribution >= 0.6 is 11.3 Å². The van der Waals surface area contributed by atoms with E-state index in [2.05, 4.69) is 21.7 Å². The van der Waals surface area contributed by atoms with Gasteiger partial charge in [-0.3, -0.25) is 24.2 Å². The highest BCUT2D eigenvalue weighted by Crippen LogP contribution is 2.29.